The zero-order chi connectivity index (χ0) is 8.53. The molecule has 4 nitrogen and oxygen atoms in total. The first-order valence-electron chi connectivity index (χ1n) is 3.60. The Morgan fingerprint density at radius 3 is 2.00 bits per heavy atom. The molecular weight excluding hydrogens is 146 g/mol. The number of carbonyl (C=O) groups excluding carboxylic acids is 1. The van der Waals surface area contributed by atoms with E-state index in [1.165, 1.54) is 14.0 Å². The van der Waals surface area contributed by atoms with Crippen LogP contribution in [0.5, 0.6) is 0 Å². The fourth-order valence-electron chi connectivity index (χ4n) is 0.516. The molecule has 4 heteroatoms. The molecule has 1 aliphatic heterocycles. The second kappa shape index (κ2) is 7.50. The monoisotopic (exact) mass is 161 g/mol. The van der Waals surface area contributed by atoms with Crippen LogP contribution in [0.3, 0.4) is 0 Å². The summed E-state index contributed by atoms with van der Waals surface area (Å²) in [7, 11) is 1.35. The lowest BCUT2D eigenvalue weighted by Gasteiger charge is -2.10. The highest BCUT2D eigenvalue weighted by atomic mass is 16.5. The summed E-state index contributed by atoms with van der Waals surface area (Å²) in [6.07, 6.45) is 0. The van der Waals surface area contributed by atoms with Gasteiger partial charge in [0.1, 0.15) is 0 Å². The third-order valence-electron chi connectivity index (χ3n) is 1.13. The molecule has 0 amide bonds. The number of rotatable bonds is 0. The first-order chi connectivity index (χ1) is 5.27. The van der Waals surface area contributed by atoms with E-state index in [1.54, 1.807) is 0 Å². The predicted molar refractivity (Wildman–Crippen MR) is 41.4 cm³/mol. The molecule has 1 heterocycles. The number of esters is 1. The second-order valence-electron chi connectivity index (χ2n) is 2.06. The number of morpholine rings is 1. The van der Waals surface area contributed by atoms with Crippen LogP contribution < -0.4 is 5.32 Å². The van der Waals surface area contributed by atoms with E-state index in [1.807, 2.05) is 0 Å². The van der Waals surface area contributed by atoms with Gasteiger partial charge in [-0.2, -0.15) is 0 Å². The first-order valence-corrected chi connectivity index (χ1v) is 3.60. The lowest BCUT2D eigenvalue weighted by molar-refractivity contribution is -0.137. The molecule has 66 valence electrons. The molecule has 1 rings (SSSR count). The van der Waals surface area contributed by atoms with Crippen molar-refractivity contribution < 1.29 is 14.3 Å². The largest absolute Gasteiger partial charge is 0.469 e. The topological polar surface area (TPSA) is 47.6 Å². The maximum atomic E-state index is 9.59. The Morgan fingerprint density at radius 2 is 1.91 bits per heavy atom. The molecule has 1 saturated heterocycles. The molecule has 1 aliphatic rings. The van der Waals surface area contributed by atoms with Gasteiger partial charge in [-0.05, 0) is 0 Å². The molecule has 0 radical (unpaired) electrons. The summed E-state index contributed by atoms with van der Waals surface area (Å²) >= 11 is 0. The van der Waals surface area contributed by atoms with Crippen LogP contribution in [0, 0.1) is 0 Å². The average Bonchev–Trinajstić information content (AvgIpc) is 2.09. The van der Waals surface area contributed by atoms with Crippen molar-refractivity contribution in [3.05, 3.63) is 0 Å². The standard InChI is InChI=1S/C4H9NO.C3H6O2/c1-3-6-4-2-5-1;1-3(4)5-2/h5H,1-4H2;1-2H3. The van der Waals surface area contributed by atoms with Crippen LogP contribution in [-0.2, 0) is 14.3 Å². The molecule has 1 fully saturated rings. The van der Waals surface area contributed by atoms with Crippen molar-refractivity contribution in [1.82, 2.24) is 5.32 Å². The molecule has 1 N–H and O–H groups in total. The number of nitrogens with one attached hydrogen (secondary N) is 1. The van der Waals surface area contributed by atoms with Crippen LogP contribution in [-0.4, -0.2) is 39.4 Å². The van der Waals surface area contributed by atoms with Gasteiger partial charge < -0.3 is 14.8 Å². The molecule has 0 atom stereocenters. The summed E-state index contributed by atoms with van der Waals surface area (Å²) in [6, 6.07) is 0. The number of hydrogen-bond acceptors (Lipinski definition) is 4. The van der Waals surface area contributed by atoms with Gasteiger partial charge in [0.05, 0.1) is 20.3 Å². The highest BCUT2D eigenvalue weighted by molar-refractivity contribution is 5.65. The summed E-state index contributed by atoms with van der Waals surface area (Å²) < 4.78 is 9.12. The van der Waals surface area contributed by atoms with Gasteiger partial charge in [0, 0.05) is 20.0 Å². The molecule has 0 aromatic rings. The van der Waals surface area contributed by atoms with Crippen molar-refractivity contribution in [2.75, 3.05) is 33.4 Å². The Hall–Kier alpha value is -0.610. The smallest absolute Gasteiger partial charge is 0.302 e. The summed E-state index contributed by atoms with van der Waals surface area (Å²) in [5.74, 6) is -0.245. The maximum Gasteiger partial charge on any atom is 0.302 e. The third kappa shape index (κ3) is 9.39. The van der Waals surface area contributed by atoms with E-state index in [2.05, 4.69) is 10.1 Å². The van der Waals surface area contributed by atoms with Crippen LogP contribution in [0.25, 0.3) is 0 Å². The van der Waals surface area contributed by atoms with Crippen LogP contribution >= 0.6 is 0 Å². The van der Waals surface area contributed by atoms with Crippen molar-refractivity contribution >= 4 is 5.97 Å². The molecule has 0 spiro atoms. The molecule has 11 heavy (non-hydrogen) atoms. The van der Waals surface area contributed by atoms with E-state index in [0.717, 1.165) is 26.3 Å². The van der Waals surface area contributed by atoms with E-state index in [9.17, 15) is 4.79 Å². The Labute approximate surface area is 66.9 Å². The number of ether oxygens (including phenoxy) is 2. The fourth-order valence-corrected chi connectivity index (χ4v) is 0.516. The Kier molecular flexibility index (Phi) is 7.08. The van der Waals surface area contributed by atoms with E-state index in [0.29, 0.717) is 0 Å². The molecule has 0 saturated carbocycles. The average molecular weight is 161 g/mol. The van der Waals surface area contributed by atoms with Gasteiger partial charge in [-0.25, -0.2) is 0 Å². The lowest BCUT2D eigenvalue weighted by Crippen LogP contribution is -2.30. The van der Waals surface area contributed by atoms with Crippen LogP contribution in [0.4, 0.5) is 0 Å². The minimum absolute atomic E-state index is 0.245. The van der Waals surface area contributed by atoms with Gasteiger partial charge in [0.25, 0.3) is 0 Å². The Balaban J connectivity index is 0.000000187. The van der Waals surface area contributed by atoms with Gasteiger partial charge in [-0.3, -0.25) is 4.79 Å². The van der Waals surface area contributed by atoms with Gasteiger partial charge in [-0.1, -0.05) is 0 Å². The number of hydrogen-bond donors (Lipinski definition) is 1. The second-order valence-corrected chi connectivity index (χ2v) is 2.06. The zero-order valence-corrected chi connectivity index (χ0v) is 7.05. The highest BCUT2D eigenvalue weighted by Gasteiger charge is 1.92. The summed E-state index contributed by atoms with van der Waals surface area (Å²) in [5.41, 5.74) is 0. The van der Waals surface area contributed by atoms with Gasteiger partial charge in [-0.15, -0.1) is 0 Å². The van der Waals surface area contributed by atoms with Crippen LogP contribution in [0.15, 0.2) is 0 Å². The van der Waals surface area contributed by atoms with Gasteiger partial charge in [0.15, 0.2) is 0 Å². The summed E-state index contributed by atoms with van der Waals surface area (Å²) in [5, 5.41) is 3.16. The van der Waals surface area contributed by atoms with E-state index in [-0.39, 0.29) is 5.97 Å². The first kappa shape index (κ1) is 10.4. The SMILES string of the molecule is C1COCCN1.COC(C)=O. The minimum Gasteiger partial charge on any atom is -0.469 e. The van der Waals surface area contributed by atoms with Crippen LogP contribution in [0.1, 0.15) is 6.92 Å². The van der Waals surface area contributed by atoms with Crippen molar-refractivity contribution in [1.29, 1.82) is 0 Å². The molecule has 0 unspecified atom stereocenters. The molecule has 0 bridgehead atoms. The van der Waals surface area contributed by atoms with Crippen molar-refractivity contribution in [3.63, 3.8) is 0 Å². The highest BCUT2D eigenvalue weighted by Crippen LogP contribution is 1.76. The normalized spacial score (nSPS) is 16.2. The quantitative estimate of drug-likeness (QED) is 0.499. The molecular formula is C7H15NO3. The summed E-state index contributed by atoms with van der Waals surface area (Å²) in [6.45, 7) is 5.19. The van der Waals surface area contributed by atoms with Crippen molar-refractivity contribution in [3.8, 4) is 0 Å². The summed E-state index contributed by atoms with van der Waals surface area (Å²) in [4.78, 5) is 9.59. The Bertz CT molecular complexity index is 90.3. The van der Waals surface area contributed by atoms with Gasteiger partial charge in [0.2, 0.25) is 0 Å². The predicted octanol–water partition coefficient (Wildman–Crippen LogP) is -0.215. The minimum atomic E-state index is -0.245. The molecule has 0 aromatic heterocycles. The molecule has 0 aromatic carbocycles. The number of methoxy groups -OCH3 is 1. The Morgan fingerprint density at radius 1 is 1.45 bits per heavy atom. The zero-order valence-electron chi connectivity index (χ0n) is 7.05. The van der Waals surface area contributed by atoms with Crippen molar-refractivity contribution in [2.45, 2.75) is 6.92 Å². The van der Waals surface area contributed by atoms with E-state index >= 15 is 0 Å². The van der Waals surface area contributed by atoms with E-state index in [4.69, 9.17) is 4.74 Å². The lowest BCUT2D eigenvalue weighted by atomic mass is 10.5. The molecule has 0 aliphatic carbocycles. The number of carbonyl (C=O) groups is 1. The van der Waals surface area contributed by atoms with Crippen LogP contribution in [0.2, 0.25) is 0 Å². The van der Waals surface area contributed by atoms with E-state index < -0.39 is 0 Å². The third-order valence-corrected chi connectivity index (χ3v) is 1.13. The fraction of sp³-hybridized carbons (Fsp3) is 0.857. The van der Waals surface area contributed by atoms with Gasteiger partial charge >= 0.3 is 5.97 Å². The maximum absolute atomic E-state index is 9.59. The van der Waals surface area contributed by atoms with Crippen molar-refractivity contribution in [2.24, 2.45) is 0 Å².